The number of hydrogen-bond donors (Lipinski definition) is 0. The Kier molecular flexibility index (Phi) is 3.26. The van der Waals surface area contributed by atoms with Crippen LogP contribution in [0.2, 0.25) is 0 Å². The molecular weight excluding hydrogens is 308 g/mol. The quantitative estimate of drug-likeness (QED) is 0.851. The summed E-state index contributed by atoms with van der Waals surface area (Å²) in [5, 5.41) is 3.86. The summed E-state index contributed by atoms with van der Waals surface area (Å²) in [6.07, 6.45) is 1.03. The van der Waals surface area contributed by atoms with E-state index in [-0.39, 0.29) is 0 Å². The second-order valence-corrected chi connectivity index (χ2v) is 5.70. The molecule has 0 radical (unpaired) electrons. The fraction of sp³-hybridized carbons (Fsp3) is 0.462. The molecule has 1 fully saturated rings. The average Bonchev–Trinajstić information content (AvgIpc) is 3.01. The summed E-state index contributed by atoms with van der Waals surface area (Å²) in [5.74, 6) is 2.77. The summed E-state index contributed by atoms with van der Waals surface area (Å²) in [6.45, 7) is 5.71. The molecule has 0 bridgehead atoms. The molecule has 19 heavy (non-hydrogen) atoms. The molecular formula is C13H15BrN4O. The highest BCUT2D eigenvalue weighted by Crippen LogP contribution is 2.29. The second kappa shape index (κ2) is 4.92. The van der Waals surface area contributed by atoms with Crippen LogP contribution in [-0.4, -0.2) is 28.2 Å². The van der Waals surface area contributed by atoms with E-state index >= 15 is 0 Å². The van der Waals surface area contributed by atoms with Crippen LogP contribution in [0.15, 0.2) is 21.1 Å². The third kappa shape index (κ3) is 2.49. The molecule has 5 nitrogen and oxygen atoms in total. The molecule has 0 aliphatic carbocycles. The molecule has 0 saturated carbocycles. The smallest absolute Gasteiger partial charge is 0.231 e. The van der Waals surface area contributed by atoms with Gasteiger partial charge in [-0.25, -0.2) is 4.98 Å². The van der Waals surface area contributed by atoms with E-state index in [2.05, 4.69) is 36.0 Å². The number of aromatic nitrogens is 3. The lowest BCUT2D eigenvalue weighted by Crippen LogP contribution is -2.20. The molecule has 3 rings (SSSR count). The monoisotopic (exact) mass is 322 g/mol. The van der Waals surface area contributed by atoms with Gasteiger partial charge >= 0.3 is 0 Å². The van der Waals surface area contributed by atoms with Gasteiger partial charge < -0.3 is 9.42 Å². The largest absolute Gasteiger partial charge is 0.356 e. The minimum Gasteiger partial charge on any atom is -0.356 e. The van der Waals surface area contributed by atoms with E-state index in [9.17, 15) is 0 Å². The zero-order chi connectivity index (χ0) is 13.4. The van der Waals surface area contributed by atoms with Crippen LogP contribution in [0.5, 0.6) is 0 Å². The Morgan fingerprint density at radius 2 is 2.16 bits per heavy atom. The Labute approximate surface area is 120 Å². The Morgan fingerprint density at radius 1 is 1.32 bits per heavy atom. The van der Waals surface area contributed by atoms with Crippen LogP contribution in [0, 0.1) is 13.8 Å². The van der Waals surface area contributed by atoms with Gasteiger partial charge in [0.2, 0.25) is 5.89 Å². The van der Waals surface area contributed by atoms with Gasteiger partial charge in [-0.1, -0.05) is 5.16 Å². The molecule has 0 amide bonds. The third-order valence-electron chi connectivity index (χ3n) is 3.41. The highest BCUT2D eigenvalue weighted by atomic mass is 79.9. The van der Waals surface area contributed by atoms with Crippen molar-refractivity contribution in [2.75, 3.05) is 18.0 Å². The van der Waals surface area contributed by atoms with E-state index in [0.29, 0.717) is 11.7 Å². The van der Waals surface area contributed by atoms with E-state index < -0.39 is 0 Å². The fourth-order valence-electron chi connectivity index (χ4n) is 2.36. The van der Waals surface area contributed by atoms with Crippen molar-refractivity contribution in [3.8, 4) is 0 Å². The van der Waals surface area contributed by atoms with Gasteiger partial charge in [-0.15, -0.1) is 0 Å². The fourth-order valence-corrected chi connectivity index (χ4v) is 2.58. The first-order valence-electron chi connectivity index (χ1n) is 6.32. The topological polar surface area (TPSA) is 55.1 Å². The van der Waals surface area contributed by atoms with E-state index in [4.69, 9.17) is 4.52 Å². The number of nitrogens with zero attached hydrogens (tertiary/aromatic N) is 4. The van der Waals surface area contributed by atoms with Gasteiger partial charge in [0.25, 0.3) is 0 Å². The van der Waals surface area contributed by atoms with Crippen LogP contribution in [0.4, 0.5) is 5.82 Å². The minimum absolute atomic E-state index is 0.312. The molecule has 0 N–H and O–H groups in total. The molecule has 1 atom stereocenters. The molecule has 2 aromatic rings. The first kappa shape index (κ1) is 12.6. The van der Waals surface area contributed by atoms with Crippen molar-refractivity contribution >= 4 is 21.7 Å². The molecule has 6 heteroatoms. The average molecular weight is 323 g/mol. The van der Waals surface area contributed by atoms with Gasteiger partial charge in [-0.05, 0) is 48.3 Å². The van der Waals surface area contributed by atoms with E-state index in [1.165, 1.54) is 0 Å². The van der Waals surface area contributed by atoms with Crippen molar-refractivity contribution in [3.05, 3.63) is 34.0 Å². The van der Waals surface area contributed by atoms with Crippen LogP contribution < -0.4 is 4.90 Å². The highest BCUT2D eigenvalue weighted by Gasteiger charge is 2.28. The summed E-state index contributed by atoms with van der Waals surface area (Å²) in [7, 11) is 0. The molecule has 0 aromatic carbocycles. The molecule has 1 unspecified atom stereocenters. The Bertz CT molecular complexity index is 598. The maximum Gasteiger partial charge on any atom is 0.231 e. The first-order chi connectivity index (χ1) is 9.13. The molecule has 1 aliphatic heterocycles. The third-order valence-corrected chi connectivity index (χ3v) is 4.25. The number of hydrogen-bond acceptors (Lipinski definition) is 5. The summed E-state index contributed by atoms with van der Waals surface area (Å²) in [5.41, 5.74) is 1.01. The molecule has 3 heterocycles. The van der Waals surface area contributed by atoms with Gasteiger partial charge in [0, 0.05) is 17.6 Å². The number of rotatable bonds is 2. The Morgan fingerprint density at radius 3 is 2.84 bits per heavy atom. The summed E-state index contributed by atoms with van der Waals surface area (Å²) in [4.78, 5) is 11.2. The van der Waals surface area contributed by atoms with E-state index in [1.807, 2.05) is 26.0 Å². The van der Waals surface area contributed by atoms with Crippen molar-refractivity contribution < 1.29 is 4.52 Å². The lowest BCUT2D eigenvalue weighted by atomic mass is 10.1. The summed E-state index contributed by atoms with van der Waals surface area (Å²) < 4.78 is 6.30. The summed E-state index contributed by atoms with van der Waals surface area (Å²) in [6, 6.07) is 4.08. The molecule has 100 valence electrons. The molecule has 0 spiro atoms. The lowest BCUT2D eigenvalue weighted by Gasteiger charge is -2.17. The van der Waals surface area contributed by atoms with Crippen molar-refractivity contribution in [2.24, 2.45) is 0 Å². The second-order valence-electron chi connectivity index (χ2n) is 4.85. The highest BCUT2D eigenvalue weighted by molar-refractivity contribution is 9.10. The Hall–Kier alpha value is -1.43. The number of aryl methyl sites for hydroxylation is 2. The first-order valence-corrected chi connectivity index (χ1v) is 7.11. The predicted octanol–water partition coefficient (Wildman–Crippen LogP) is 2.84. The lowest BCUT2D eigenvalue weighted by molar-refractivity contribution is 0.356. The van der Waals surface area contributed by atoms with Gasteiger partial charge in [0.15, 0.2) is 5.82 Å². The number of halogens is 1. The van der Waals surface area contributed by atoms with Gasteiger partial charge in [0.1, 0.15) is 5.82 Å². The van der Waals surface area contributed by atoms with Gasteiger partial charge in [0.05, 0.1) is 11.6 Å². The minimum atomic E-state index is 0.312. The molecule has 2 aromatic heterocycles. The maximum atomic E-state index is 5.26. The van der Waals surface area contributed by atoms with Crippen LogP contribution in [0.1, 0.15) is 29.7 Å². The molecule has 1 aliphatic rings. The van der Waals surface area contributed by atoms with E-state index in [0.717, 1.165) is 41.4 Å². The normalized spacial score (nSPS) is 19.1. The Balaban J connectivity index is 1.76. The van der Waals surface area contributed by atoms with Crippen LogP contribution in [0.3, 0.4) is 0 Å². The van der Waals surface area contributed by atoms with E-state index in [1.54, 1.807) is 0 Å². The van der Waals surface area contributed by atoms with Gasteiger partial charge in [-0.2, -0.15) is 4.98 Å². The SMILES string of the molecule is Cc1noc(C2CCN(c3ccc(Br)c(C)n3)C2)n1. The zero-order valence-electron chi connectivity index (χ0n) is 10.9. The van der Waals surface area contributed by atoms with Crippen molar-refractivity contribution in [2.45, 2.75) is 26.2 Å². The molecule has 1 saturated heterocycles. The predicted molar refractivity (Wildman–Crippen MR) is 75.3 cm³/mol. The zero-order valence-corrected chi connectivity index (χ0v) is 12.5. The maximum absolute atomic E-state index is 5.26. The summed E-state index contributed by atoms with van der Waals surface area (Å²) >= 11 is 3.47. The number of pyridine rings is 1. The van der Waals surface area contributed by atoms with Gasteiger partial charge in [-0.3, -0.25) is 0 Å². The van der Waals surface area contributed by atoms with Crippen molar-refractivity contribution in [3.63, 3.8) is 0 Å². The van der Waals surface area contributed by atoms with Crippen LogP contribution in [0.25, 0.3) is 0 Å². The standard InChI is InChI=1S/C13H15BrN4O/c1-8-11(14)3-4-12(15-8)18-6-5-10(7-18)13-16-9(2)17-19-13/h3-4,10H,5-7H2,1-2H3. The van der Waals surface area contributed by atoms with Crippen molar-refractivity contribution in [1.29, 1.82) is 0 Å². The van der Waals surface area contributed by atoms with Crippen LogP contribution in [-0.2, 0) is 0 Å². The van der Waals surface area contributed by atoms with Crippen molar-refractivity contribution in [1.82, 2.24) is 15.1 Å². The number of anilines is 1. The van der Waals surface area contributed by atoms with Crippen LogP contribution >= 0.6 is 15.9 Å².